The van der Waals surface area contributed by atoms with Crippen molar-refractivity contribution in [2.75, 3.05) is 20.3 Å². The molecule has 0 radical (unpaired) electrons. The van der Waals surface area contributed by atoms with Gasteiger partial charge in [-0.3, -0.25) is 4.79 Å². The van der Waals surface area contributed by atoms with E-state index in [2.05, 4.69) is 5.32 Å². The fraction of sp³-hybridized carbons (Fsp3) is 0.500. The van der Waals surface area contributed by atoms with Crippen LogP contribution in [0.2, 0.25) is 0 Å². The summed E-state index contributed by atoms with van der Waals surface area (Å²) in [5.74, 6) is -0.590. The van der Waals surface area contributed by atoms with Gasteiger partial charge in [0, 0.05) is 19.6 Å². The van der Waals surface area contributed by atoms with Gasteiger partial charge >= 0.3 is 0 Å². The molecule has 0 aliphatic carbocycles. The Balaban J connectivity index is 2.57. The van der Waals surface area contributed by atoms with E-state index in [1.54, 1.807) is 7.11 Å². The maximum absolute atomic E-state index is 11.7. The van der Waals surface area contributed by atoms with Crippen LogP contribution in [-0.2, 0) is 9.53 Å². The lowest BCUT2D eigenvalue weighted by Crippen LogP contribution is -2.39. The van der Waals surface area contributed by atoms with Gasteiger partial charge in [-0.2, -0.15) is 0 Å². The molecule has 0 aliphatic heterocycles. The van der Waals surface area contributed by atoms with Crippen LogP contribution in [0, 0.1) is 6.92 Å². The van der Waals surface area contributed by atoms with Crippen LogP contribution in [0.1, 0.15) is 24.0 Å². The van der Waals surface area contributed by atoms with Crippen LogP contribution < -0.4 is 5.32 Å². The standard InChI is InChI=1S/C14H21NO3/c1-10-4-6-12(7-5-10)11(2)13(16)14(17)15-8-9-18-3/h4-7,11,13,16H,8-9H2,1-3H3,(H,15,17)/t11-,13+/m0/s1. The average molecular weight is 251 g/mol. The molecule has 1 rings (SSSR count). The SMILES string of the molecule is COCCNC(=O)[C@H](O)[C@@H](C)c1ccc(C)cc1. The van der Waals surface area contributed by atoms with Gasteiger partial charge in [0.05, 0.1) is 6.61 Å². The lowest BCUT2D eigenvalue weighted by Gasteiger charge is -2.18. The Kier molecular flexibility index (Phi) is 5.82. The molecule has 0 heterocycles. The number of hydrogen-bond donors (Lipinski definition) is 2. The van der Waals surface area contributed by atoms with Gasteiger partial charge in [-0.05, 0) is 12.5 Å². The molecule has 0 spiro atoms. The molecule has 0 bridgehead atoms. The zero-order valence-electron chi connectivity index (χ0n) is 11.1. The number of rotatable bonds is 6. The highest BCUT2D eigenvalue weighted by Gasteiger charge is 2.23. The van der Waals surface area contributed by atoms with Crippen LogP contribution in [0.15, 0.2) is 24.3 Å². The van der Waals surface area contributed by atoms with Gasteiger partial charge in [0.2, 0.25) is 5.91 Å². The van der Waals surface area contributed by atoms with Crippen molar-refractivity contribution in [1.29, 1.82) is 0 Å². The molecule has 100 valence electrons. The van der Waals surface area contributed by atoms with Crippen LogP contribution >= 0.6 is 0 Å². The van der Waals surface area contributed by atoms with E-state index >= 15 is 0 Å². The first-order valence-corrected chi connectivity index (χ1v) is 6.07. The Morgan fingerprint density at radius 2 is 2.00 bits per heavy atom. The van der Waals surface area contributed by atoms with Crippen molar-refractivity contribution in [1.82, 2.24) is 5.32 Å². The van der Waals surface area contributed by atoms with Gasteiger partial charge in [-0.25, -0.2) is 0 Å². The van der Waals surface area contributed by atoms with Gasteiger partial charge in [-0.1, -0.05) is 36.8 Å². The van der Waals surface area contributed by atoms with Gasteiger partial charge in [0.1, 0.15) is 6.10 Å². The van der Waals surface area contributed by atoms with E-state index < -0.39 is 6.10 Å². The number of methoxy groups -OCH3 is 1. The van der Waals surface area contributed by atoms with Crippen LogP contribution in [0.3, 0.4) is 0 Å². The summed E-state index contributed by atoms with van der Waals surface area (Å²) in [5.41, 5.74) is 2.11. The highest BCUT2D eigenvalue weighted by Crippen LogP contribution is 2.19. The fourth-order valence-corrected chi connectivity index (χ4v) is 1.66. The molecule has 0 fully saturated rings. The van der Waals surface area contributed by atoms with Crippen molar-refractivity contribution in [2.45, 2.75) is 25.9 Å². The number of carbonyl (C=O) groups excluding carboxylic acids is 1. The Labute approximate surface area is 108 Å². The third-order valence-corrected chi connectivity index (χ3v) is 2.95. The summed E-state index contributed by atoms with van der Waals surface area (Å²) in [6, 6.07) is 7.82. The molecule has 18 heavy (non-hydrogen) atoms. The second kappa shape index (κ2) is 7.13. The molecule has 0 aromatic heterocycles. The molecule has 4 nitrogen and oxygen atoms in total. The molecule has 1 aromatic rings. The van der Waals surface area contributed by atoms with Gasteiger partial charge in [0.15, 0.2) is 0 Å². The first-order valence-electron chi connectivity index (χ1n) is 6.07. The van der Waals surface area contributed by atoms with Crippen LogP contribution in [-0.4, -0.2) is 37.4 Å². The molecule has 1 amide bonds. The predicted octanol–water partition coefficient (Wildman–Crippen LogP) is 1.22. The summed E-state index contributed by atoms with van der Waals surface area (Å²) in [5, 5.41) is 12.6. The van der Waals surface area contributed by atoms with Crippen molar-refractivity contribution in [3.8, 4) is 0 Å². The van der Waals surface area contributed by atoms with Gasteiger partial charge < -0.3 is 15.2 Å². The van der Waals surface area contributed by atoms with E-state index in [1.165, 1.54) is 0 Å². The Hall–Kier alpha value is -1.39. The maximum atomic E-state index is 11.7. The van der Waals surface area contributed by atoms with Crippen molar-refractivity contribution < 1.29 is 14.6 Å². The van der Waals surface area contributed by atoms with E-state index in [1.807, 2.05) is 38.1 Å². The number of aryl methyl sites for hydroxylation is 1. The summed E-state index contributed by atoms with van der Waals surface area (Å²) >= 11 is 0. The van der Waals surface area contributed by atoms with Gasteiger partial charge in [0.25, 0.3) is 0 Å². The number of carbonyl (C=O) groups is 1. The summed E-state index contributed by atoms with van der Waals surface area (Å²) in [6.45, 7) is 4.69. The van der Waals surface area contributed by atoms with Gasteiger partial charge in [-0.15, -0.1) is 0 Å². The van der Waals surface area contributed by atoms with Crippen molar-refractivity contribution in [3.05, 3.63) is 35.4 Å². The number of ether oxygens (including phenoxy) is 1. The van der Waals surface area contributed by atoms with E-state index in [-0.39, 0.29) is 11.8 Å². The molecular weight excluding hydrogens is 230 g/mol. The zero-order chi connectivity index (χ0) is 13.5. The Morgan fingerprint density at radius 1 is 1.39 bits per heavy atom. The molecule has 1 aromatic carbocycles. The number of hydrogen-bond acceptors (Lipinski definition) is 3. The molecule has 4 heteroatoms. The lowest BCUT2D eigenvalue weighted by atomic mass is 9.94. The normalized spacial score (nSPS) is 14.0. The Morgan fingerprint density at radius 3 is 2.56 bits per heavy atom. The van der Waals surface area contributed by atoms with E-state index in [4.69, 9.17) is 4.74 Å². The molecule has 0 aliphatic rings. The van der Waals surface area contributed by atoms with Crippen molar-refractivity contribution in [2.24, 2.45) is 0 Å². The smallest absolute Gasteiger partial charge is 0.249 e. The monoisotopic (exact) mass is 251 g/mol. The van der Waals surface area contributed by atoms with Crippen molar-refractivity contribution >= 4 is 5.91 Å². The zero-order valence-corrected chi connectivity index (χ0v) is 11.1. The second-order valence-electron chi connectivity index (χ2n) is 4.43. The van der Waals surface area contributed by atoms with E-state index in [9.17, 15) is 9.90 Å². The first-order chi connectivity index (χ1) is 8.56. The summed E-state index contributed by atoms with van der Waals surface area (Å²) in [4.78, 5) is 11.7. The third-order valence-electron chi connectivity index (χ3n) is 2.95. The molecule has 0 saturated carbocycles. The third kappa shape index (κ3) is 4.13. The summed E-state index contributed by atoms with van der Waals surface area (Å²) in [6.07, 6.45) is -1.04. The Bertz CT molecular complexity index is 375. The minimum absolute atomic E-state index is 0.229. The fourth-order valence-electron chi connectivity index (χ4n) is 1.66. The quantitative estimate of drug-likeness (QED) is 0.747. The van der Waals surface area contributed by atoms with Crippen LogP contribution in [0.5, 0.6) is 0 Å². The number of aliphatic hydroxyl groups excluding tert-OH is 1. The van der Waals surface area contributed by atoms with E-state index in [0.29, 0.717) is 13.2 Å². The van der Waals surface area contributed by atoms with E-state index in [0.717, 1.165) is 11.1 Å². The molecule has 2 atom stereocenters. The lowest BCUT2D eigenvalue weighted by molar-refractivity contribution is -0.130. The average Bonchev–Trinajstić information content (AvgIpc) is 2.38. The topological polar surface area (TPSA) is 58.6 Å². The number of aliphatic hydroxyl groups is 1. The molecular formula is C14H21NO3. The maximum Gasteiger partial charge on any atom is 0.249 e. The number of amides is 1. The molecule has 0 saturated heterocycles. The number of nitrogens with one attached hydrogen (secondary N) is 1. The first kappa shape index (κ1) is 14.7. The molecule has 2 N–H and O–H groups in total. The number of benzene rings is 1. The van der Waals surface area contributed by atoms with Crippen LogP contribution in [0.4, 0.5) is 0 Å². The highest BCUT2D eigenvalue weighted by atomic mass is 16.5. The largest absolute Gasteiger partial charge is 0.383 e. The van der Waals surface area contributed by atoms with Crippen molar-refractivity contribution in [3.63, 3.8) is 0 Å². The minimum Gasteiger partial charge on any atom is -0.383 e. The van der Waals surface area contributed by atoms with Crippen LogP contribution in [0.25, 0.3) is 0 Å². The minimum atomic E-state index is -1.04. The predicted molar refractivity (Wildman–Crippen MR) is 70.5 cm³/mol. The summed E-state index contributed by atoms with van der Waals surface area (Å²) in [7, 11) is 1.57. The highest BCUT2D eigenvalue weighted by molar-refractivity contribution is 5.81. The molecule has 0 unspecified atom stereocenters. The summed E-state index contributed by atoms with van der Waals surface area (Å²) < 4.78 is 4.83. The second-order valence-corrected chi connectivity index (χ2v) is 4.43.